The third-order valence-corrected chi connectivity index (χ3v) is 4.46. The zero-order valence-electron chi connectivity index (χ0n) is 12.3. The summed E-state index contributed by atoms with van der Waals surface area (Å²) in [6.45, 7) is 7.29. The molecule has 0 aliphatic heterocycles. The molecule has 4 nitrogen and oxygen atoms in total. The minimum Gasteiger partial charge on any atom is -0.480 e. The predicted molar refractivity (Wildman–Crippen MR) is 81.1 cm³/mol. The Balaban J connectivity index is 2.62. The van der Waals surface area contributed by atoms with E-state index in [0.29, 0.717) is 6.42 Å². The van der Waals surface area contributed by atoms with Crippen LogP contribution < -0.4 is 5.32 Å². The Hall–Kier alpha value is -1.49. The molecule has 0 radical (unpaired) electrons. The molecule has 20 heavy (non-hydrogen) atoms. The summed E-state index contributed by atoms with van der Waals surface area (Å²) in [5.41, 5.74) is 1.11. The average molecular weight is 295 g/mol. The second-order valence-electron chi connectivity index (χ2n) is 5.10. The monoisotopic (exact) mass is 295 g/mol. The van der Waals surface area contributed by atoms with E-state index in [1.165, 1.54) is 24.2 Å². The fraction of sp³-hybridized carbons (Fsp3) is 0.467. The van der Waals surface area contributed by atoms with Gasteiger partial charge >= 0.3 is 5.97 Å². The third-order valence-electron chi connectivity index (χ3n) is 3.28. The zero-order valence-corrected chi connectivity index (χ0v) is 13.1. The van der Waals surface area contributed by atoms with Crippen LogP contribution in [0.2, 0.25) is 0 Å². The van der Waals surface area contributed by atoms with Crippen LogP contribution in [0, 0.1) is 13.8 Å². The molecular formula is C15H21NO3S. The summed E-state index contributed by atoms with van der Waals surface area (Å²) < 4.78 is 0. The molecule has 1 unspecified atom stereocenters. The highest BCUT2D eigenvalue weighted by molar-refractivity contribution is 8.00. The Bertz CT molecular complexity index is 516. The van der Waals surface area contributed by atoms with Crippen LogP contribution in [0.4, 0.5) is 0 Å². The van der Waals surface area contributed by atoms with Crippen LogP contribution in [-0.4, -0.2) is 28.3 Å². The molecule has 1 aromatic rings. The molecule has 0 fully saturated rings. The Kier molecular flexibility index (Phi) is 5.62. The first-order chi connectivity index (χ1) is 9.28. The first-order valence-corrected chi connectivity index (χ1v) is 7.51. The van der Waals surface area contributed by atoms with E-state index >= 15 is 0 Å². The highest BCUT2D eigenvalue weighted by Crippen LogP contribution is 2.23. The first kappa shape index (κ1) is 16.6. The Labute approximate surface area is 124 Å². The summed E-state index contributed by atoms with van der Waals surface area (Å²) in [5, 5.41) is 11.7. The van der Waals surface area contributed by atoms with E-state index in [-0.39, 0.29) is 11.7 Å². The lowest BCUT2D eigenvalue weighted by Crippen LogP contribution is -2.52. The van der Waals surface area contributed by atoms with Gasteiger partial charge < -0.3 is 10.4 Å². The normalized spacial score (nSPS) is 13.6. The maximum Gasteiger partial charge on any atom is 0.329 e. The molecule has 0 bridgehead atoms. The second-order valence-corrected chi connectivity index (χ2v) is 6.11. The fourth-order valence-electron chi connectivity index (χ4n) is 1.74. The van der Waals surface area contributed by atoms with Gasteiger partial charge in [-0.3, -0.25) is 4.79 Å². The Morgan fingerprint density at radius 3 is 2.50 bits per heavy atom. The minimum atomic E-state index is -1.19. The summed E-state index contributed by atoms with van der Waals surface area (Å²) in [7, 11) is 0. The van der Waals surface area contributed by atoms with Crippen LogP contribution in [-0.2, 0) is 9.59 Å². The van der Waals surface area contributed by atoms with Gasteiger partial charge in [0.1, 0.15) is 5.54 Å². The number of hydrogen-bond acceptors (Lipinski definition) is 3. The van der Waals surface area contributed by atoms with Gasteiger partial charge in [0.05, 0.1) is 5.75 Å². The maximum atomic E-state index is 11.9. The molecule has 5 heteroatoms. The molecule has 0 saturated carbocycles. The highest BCUT2D eigenvalue weighted by Gasteiger charge is 2.32. The number of carbonyl (C=O) groups is 2. The van der Waals surface area contributed by atoms with Crippen LogP contribution in [0.3, 0.4) is 0 Å². The van der Waals surface area contributed by atoms with E-state index in [4.69, 9.17) is 5.11 Å². The number of amides is 1. The molecule has 0 heterocycles. The summed E-state index contributed by atoms with van der Waals surface area (Å²) in [6.07, 6.45) is 0.350. The number of aliphatic carboxylic acids is 1. The molecule has 1 atom stereocenters. The average Bonchev–Trinajstić information content (AvgIpc) is 2.37. The molecular weight excluding hydrogens is 274 g/mol. The number of thioether (sulfide) groups is 1. The maximum absolute atomic E-state index is 11.9. The summed E-state index contributed by atoms with van der Waals surface area (Å²) in [6, 6.07) is 6.05. The molecule has 0 aliphatic rings. The minimum absolute atomic E-state index is 0.215. The van der Waals surface area contributed by atoms with Gasteiger partial charge in [0.15, 0.2) is 0 Å². The number of carboxylic acids is 1. The molecule has 1 rings (SSSR count). The van der Waals surface area contributed by atoms with Gasteiger partial charge in [0, 0.05) is 4.90 Å². The largest absolute Gasteiger partial charge is 0.480 e. The number of aryl methyl sites for hydroxylation is 2. The molecule has 0 aromatic heterocycles. The quantitative estimate of drug-likeness (QED) is 0.792. The van der Waals surface area contributed by atoms with Gasteiger partial charge in [0.25, 0.3) is 0 Å². The summed E-state index contributed by atoms with van der Waals surface area (Å²) >= 11 is 1.42. The SMILES string of the molecule is CCC(C)(NC(=O)CSc1ccc(C)cc1C)C(=O)O. The van der Waals surface area contributed by atoms with E-state index in [1.54, 1.807) is 6.92 Å². The van der Waals surface area contributed by atoms with Crippen LogP contribution >= 0.6 is 11.8 Å². The van der Waals surface area contributed by atoms with E-state index in [9.17, 15) is 9.59 Å². The zero-order chi connectivity index (χ0) is 15.3. The lowest BCUT2D eigenvalue weighted by atomic mass is 9.99. The second kappa shape index (κ2) is 6.79. The van der Waals surface area contributed by atoms with E-state index in [1.807, 2.05) is 26.0 Å². The van der Waals surface area contributed by atoms with E-state index in [0.717, 1.165) is 10.5 Å². The Morgan fingerprint density at radius 2 is 2.00 bits per heavy atom. The van der Waals surface area contributed by atoms with Crippen molar-refractivity contribution in [1.29, 1.82) is 0 Å². The van der Waals surface area contributed by atoms with Gasteiger partial charge in [-0.2, -0.15) is 0 Å². The van der Waals surface area contributed by atoms with Gasteiger partial charge in [-0.25, -0.2) is 4.79 Å². The third kappa shape index (κ3) is 4.27. The Morgan fingerprint density at radius 1 is 1.35 bits per heavy atom. The van der Waals surface area contributed by atoms with Crippen LogP contribution in [0.1, 0.15) is 31.4 Å². The topological polar surface area (TPSA) is 66.4 Å². The lowest BCUT2D eigenvalue weighted by molar-refractivity contribution is -0.146. The van der Waals surface area contributed by atoms with Crippen LogP contribution in [0.5, 0.6) is 0 Å². The number of carboxylic acid groups (broad SMARTS) is 1. The molecule has 2 N–H and O–H groups in total. The standard InChI is InChI=1S/C15H21NO3S/c1-5-15(4,14(18)19)16-13(17)9-20-12-7-6-10(2)8-11(12)3/h6-8H,5,9H2,1-4H3,(H,16,17)(H,18,19). The number of hydrogen-bond donors (Lipinski definition) is 2. The van der Waals surface area contributed by atoms with Gasteiger partial charge in [-0.15, -0.1) is 11.8 Å². The van der Waals surface area contributed by atoms with Gasteiger partial charge in [-0.1, -0.05) is 24.6 Å². The number of benzene rings is 1. The molecule has 0 aliphatic carbocycles. The van der Waals surface area contributed by atoms with Crippen molar-refractivity contribution in [3.63, 3.8) is 0 Å². The first-order valence-electron chi connectivity index (χ1n) is 6.53. The van der Waals surface area contributed by atoms with Crippen molar-refractivity contribution < 1.29 is 14.7 Å². The van der Waals surface area contributed by atoms with E-state index < -0.39 is 11.5 Å². The number of nitrogens with one attached hydrogen (secondary N) is 1. The van der Waals surface area contributed by atoms with E-state index in [2.05, 4.69) is 11.4 Å². The van der Waals surface area contributed by atoms with Crippen molar-refractivity contribution in [2.75, 3.05) is 5.75 Å². The van der Waals surface area contributed by atoms with Crippen LogP contribution in [0.15, 0.2) is 23.1 Å². The van der Waals surface area contributed by atoms with Crippen molar-refractivity contribution in [3.8, 4) is 0 Å². The number of carbonyl (C=O) groups excluding carboxylic acids is 1. The summed E-state index contributed by atoms with van der Waals surface area (Å²) in [4.78, 5) is 24.1. The number of rotatable bonds is 6. The molecule has 110 valence electrons. The molecule has 1 aromatic carbocycles. The molecule has 0 spiro atoms. The predicted octanol–water partition coefficient (Wildman–Crippen LogP) is 2.77. The smallest absolute Gasteiger partial charge is 0.329 e. The summed E-state index contributed by atoms with van der Waals surface area (Å²) in [5.74, 6) is -1.06. The van der Waals surface area contributed by atoms with Gasteiger partial charge in [-0.05, 0) is 38.8 Å². The van der Waals surface area contributed by atoms with Crippen molar-refractivity contribution >= 4 is 23.6 Å². The molecule has 0 saturated heterocycles. The van der Waals surface area contributed by atoms with Crippen molar-refractivity contribution in [2.24, 2.45) is 0 Å². The fourth-order valence-corrected chi connectivity index (χ4v) is 2.55. The van der Waals surface area contributed by atoms with Crippen LogP contribution in [0.25, 0.3) is 0 Å². The van der Waals surface area contributed by atoms with Crippen molar-refractivity contribution in [2.45, 2.75) is 44.6 Å². The lowest BCUT2D eigenvalue weighted by Gasteiger charge is -2.24. The highest BCUT2D eigenvalue weighted by atomic mass is 32.2. The van der Waals surface area contributed by atoms with Crippen molar-refractivity contribution in [1.82, 2.24) is 5.32 Å². The van der Waals surface area contributed by atoms with Crippen molar-refractivity contribution in [3.05, 3.63) is 29.3 Å². The van der Waals surface area contributed by atoms with Gasteiger partial charge in [0.2, 0.25) is 5.91 Å². The molecule has 1 amide bonds.